The van der Waals surface area contributed by atoms with E-state index in [1.165, 1.54) is 4.88 Å². The van der Waals surface area contributed by atoms with Crippen molar-refractivity contribution in [1.29, 1.82) is 0 Å². The molecule has 100 valence electrons. The molecule has 19 heavy (non-hydrogen) atoms. The summed E-state index contributed by atoms with van der Waals surface area (Å²) in [7, 11) is 2.14. The molecule has 0 spiro atoms. The molecule has 0 fully saturated rings. The van der Waals surface area contributed by atoms with Gasteiger partial charge in [-0.3, -0.25) is 4.90 Å². The van der Waals surface area contributed by atoms with Gasteiger partial charge in [-0.25, -0.2) is 0 Å². The number of benzene rings is 1. The summed E-state index contributed by atoms with van der Waals surface area (Å²) < 4.78 is 6.02. The molecular weight excluding hydrogens is 256 g/mol. The standard InChI is InChI=1S/C15H18N2OS/c1-17(11-13-5-4-8-19-13)10-12-9-16-14-6-2-3-7-15(14)18-12/h2-8,12,16H,9-11H2,1H3. The molecule has 2 aromatic rings. The molecule has 1 aliphatic heterocycles. The maximum Gasteiger partial charge on any atom is 0.142 e. The molecular formula is C15H18N2OS. The Labute approximate surface area is 117 Å². The summed E-state index contributed by atoms with van der Waals surface area (Å²) in [6.45, 7) is 2.78. The first-order chi connectivity index (χ1) is 9.31. The minimum absolute atomic E-state index is 0.208. The fraction of sp³-hybridized carbons (Fsp3) is 0.333. The molecule has 3 rings (SSSR count). The number of nitrogens with one attached hydrogen (secondary N) is 1. The van der Waals surface area contributed by atoms with Crippen LogP contribution >= 0.6 is 11.3 Å². The Bertz CT molecular complexity index is 527. The lowest BCUT2D eigenvalue weighted by Gasteiger charge is -2.30. The van der Waals surface area contributed by atoms with Crippen molar-refractivity contribution in [2.45, 2.75) is 12.6 Å². The van der Waals surface area contributed by atoms with Gasteiger partial charge in [-0.1, -0.05) is 18.2 Å². The van der Waals surface area contributed by atoms with Crippen molar-refractivity contribution in [3.63, 3.8) is 0 Å². The molecule has 2 heterocycles. The zero-order valence-electron chi connectivity index (χ0n) is 11.0. The van der Waals surface area contributed by atoms with Crippen LogP contribution < -0.4 is 10.1 Å². The van der Waals surface area contributed by atoms with E-state index in [9.17, 15) is 0 Å². The van der Waals surface area contributed by atoms with Crippen LogP contribution in [0.15, 0.2) is 41.8 Å². The van der Waals surface area contributed by atoms with E-state index in [1.54, 1.807) is 11.3 Å². The fourth-order valence-corrected chi connectivity index (χ4v) is 3.13. The van der Waals surface area contributed by atoms with E-state index >= 15 is 0 Å². The Morgan fingerprint density at radius 3 is 3.05 bits per heavy atom. The predicted molar refractivity (Wildman–Crippen MR) is 80.0 cm³/mol. The van der Waals surface area contributed by atoms with Gasteiger partial charge in [0.2, 0.25) is 0 Å². The number of anilines is 1. The lowest BCUT2D eigenvalue weighted by Crippen LogP contribution is -2.39. The molecule has 1 aliphatic rings. The van der Waals surface area contributed by atoms with Gasteiger partial charge in [-0.2, -0.15) is 0 Å². The van der Waals surface area contributed by atoms with Gasteiger partial charge in [-0.05, 0) is 30.6 Å². The normalized spacial score (nSPS) is 17.7. The Morgan fingerprint density at radius 1 is 1.32 bits per heavy atom. The number of hydrogen-bond donors (Lipinski definition) is 1. The second-order valence-electron chi connectivity index (χ2n) is 4.89. The first kappa shape index (κ1) is 12.5. The van der Waals surface area contributed by atoms with Gasteiger partial charge in [0.15, 0.2) is 0 Å². The molecule has 1 aromatic heterocycles. The molecule has 0 saturated heterocycles. The predicted octanol–water partition coefficient (Wildman–Crippen LogP) is 3.05. The molecule has 0 bridgehead atoms. The summed E-state index contributed by atoms with van der Waals surface area (Å²) in [5.41, 5.74) is 1.10. The zero-order valence-corrected chi connectivity index (χ0v) is 11.8. The van der Waals surface area contributed by atoms with Crippen LogP contribution in [0.5, 0.6) is 5.75 Å². The Kier molecular flexibility index (Phi) is 3.71. The molecule has 3 nitrogen and oxygen atoms in total. The molecule has 1 aromatic carbocycles. The van der Waals surface area contributed by atoms with E-state index in [1.807, 2.05) is 18.2 Å². The van der Waals surface area contributed by atoms with E-state index in [0.717, 1.165) is 31.1 Å². The number of likely N-dealkylation sites (N-methyl/N-ethyl adjacent to an activating group) is 1. The van der Waals surface area contributed by atoms with Gasteiger partial charge < -0.3 is 10.1 Å². The van der Waals surface area contributed by atoms with Crippen LogP contribution in [0.1, 0.15) is 4.88 Å². The Balaban J connectivity index is 1.57. The van der Waals surface area contributed by atoms with Gasteiger partial charge in [0, 0.05) is 18.0 Å². The number of nitrogens with zero attached hydrogens (tertiary/aromatic N) is 1. The van der Waals surface area contributed by atoms with E-state index in [0.29, 0.717) is 0 Å². The zero-order chi connectivity index (χ0) is 13.1. The van der Waals surface area contributed by atoms with Crippen LogP contribution in [0.3, 0.4) is 0 Å². The van der Waals surface area contributed by atoms with E-state index < -0.39 is 0 Å². The van der Waals surface area contributed by atoms with Gasteiger partial charge >= 0.3 is 0 Å². The molecule has 1 N–H and O–H groups in total. The molecule has 0 amide bonds. The van der Waals surface area contributed by atoms with Crippen LogP contribution in [0, 0.1) is 0 Å². The summed E-state index contributed by atoms with van der Waals surface area (Å²) in [5.74, 6) is 0.961. The molecule has 4 heteroatoms. The molecule has 0 saturated carbocycles. The third kappa shape index (κ3) is 3.08. The molecule has 1 unspecified atom stereocenters. The topological polar surface area (TPSA) is 24.5 Å². The summed E-state index contributed by atoms with van der Waals surface area (Å²) >= 11 is 1.80. The van der Waals surface area contributed by atoms with Crippen molar-refractivity contribution in [2.24, 2.45) is 0 Å². The smallest absolute Gasteiger partial charge is 0.142 e. The molecule has 0 radical (unpaired) electrons. The number of ether oxygens (including phenoxy) is 1. The quantitative estimate of drug-likeness (QED) is 0.927. The summed E-state index contributed by atoms with van der Waals surface area (Å²) in [6.07, 6.45) is 0.208. The van der Waals surface area contributed by atoms with Crippen molar-refractivity contribution < 1.29 is 4.74 Å². The number of fused-ring (bicyclic) bond motifs is 1. The van der Waals surface area contributed by atoms with E-state index in [4.69, 9.17) is 4.74 Å². The van der Waals surface area contributed by atoms with Crippen molar-refractivity contribution in [2.75, 3.05) is 25.5 Å². The second kappa shape index (κ2) is 5.63. The minimum Gasteiger partial charge on any atom is -0.485 e. The van der Waals surface area contributed by atoms with Gasteiger partial charge in [0.1, 0.15) is 11.9 Å². The number of hydrogen-bond acceptors (Lipinski definition) is 4. The van der Waals surface area contributed by atoms with Gasteiger partial charge in [0.25, 0.3) is 0 Å². The fourth-order valence-electron chi connectivity index (χ4n) is 2.34. The summed E-state index contributed by atoms with van der Waals surface area (Å²) in [4.78, 5) is 3.71. The van der Waals surface area contributed by atoms with E-state index in [-0.39, 0.29) is 6.10 Å². The molecule has 1 atom stereocenters. The van der Waals surface area contributed by atoms with Crippen LogP contribution in [-0.4, -0.2) is 31.1 Å². The Hall–Kier alpha value is -1.52. The monoisotopic (exact) mass is 274 g/mol. The minimum atomic E-state index is 0.208. The SMILES string of the molecule is CN(Cc1cccs1)CC1CNc2ccccc2O1. The Morgan fingerprint density at radius 2 is 2.21 bits per heavy atom. The highest BCUT2D eigenvalue weighted by Crippen LogP contribution is 2.28. The first-order valence-corrected chi connectivity index (χ1v) is 7.40. The summed E-state index contributed by atoms with van der Waals surface area (Å²) in [6, 6.07) is 12.4. The maximum absolute atomic E-state index is 6.02. The number of para-hydroxylation sites is 2. The van der Waals surface area contributed by atoms with Crippen LogP contribution in [-0.2, 0) is 6.54 Å². The highest BCUT2D eigenvalue weighted by atomic mass is 32.1. The lowest BCUT2D eigenvalue weighted by atomic mass is 10.2. The van der Waals surface area contributed by atoms with Crippen LogP contribution in [0.4, 0.5) is 5.69 Å². The van der Waals surface area contributed by atoms with Crippen LogP contribution in [0.2, 0.25) is 0 Å². The van der Waals surface area contributed by atoms with Gasteiger partial charge in [0.05, 0.1) is 12.2 Å². The first-order valence-electron chi connectivity index (χ1n) is 6.52. The highest BCUT2D eigenvalue weighted by molar-refractivity contribution is 7.09. The average molecular weight is 274 g/mol. The molecule has 0 aliphatic carbocycles. The maximum atomic E-state index is 6.02. The average Bonchev–Trinajstić information content (AvgIpc) is 2.91. The van der Waals surface area contributed by atoms with Gasteiger partial charge in [-0.15, -0.1) is 11.3 Å². The van der Waals surface area contributed by atoms with Crippen molar-refractivity contribution in [3.8, 4) is 5.75 Å². The van der Waals surface area contributed by atoms with Crippen molar-refractivity contribution in [3.05, 3.63) is 46.7 Å². The van der Waals surface area contributed by atoms with E-state index in [2.05, 4.69) is 40.8 Å². The van der Waals surface area contributed by atoms with Crippen molar-refractivity contribution in [1.82, 2.24) is 4.90 Å². The highest BCUT2D eigenvalue weighted by Gasteiger charge is 2.20. The summed E-state index contributed by atoms with van der Waals surface area (Å²) in [5, 5.41) is 5.55. The largest absolute Gasteiger partial charge is 0.485 e. The van der Waals surface area contributed by atoms with Crippen LogP contribution in [0.25, 0.3) is 0 Å². The second-order valence-corrected chi connectivity index (χ2v) is 5.93. The number of thiophene rings is 1. The third-order valence-corrected chi connectivity index (χ3v) is 4.08. The van der Waals surface area contributed by atoms with Crippen molar-refractivity contribution >= 4 is 17.0 Å². The third-order valence-electron chi connectivity index (χ3n) is 3.22. The lowest BCUT2D eigenvalue weighted by molar-refractivity contribution is 0.148. The number of rotatable bonds is 4.